The number of H-pyrrole nitrogens is 1. The average Bonchev–Trinajstić information content (AvgIpc) is 3.78. The predicted octanol–water partition coefficient (Wildman–Crippen LogP) is 5.97. The zero-order valence-corrected chi connectivity index (χ0v) is 25.1. The van der Waals surface area contributed by atoms with Crippen LogP contribution in [0.3, 0.4) is 0 Å². The van der Waals surface area contributed by atoms with E-state index in [-0.39, 0.29) is 36.9 Å². The average molecular weight is 610 g/mol. The number of aromatic amines is 1. The van der Waals surface area contributed by atoms with Gasteiger partial charge in [-0.05, 0) is 77.2 Å². The van der Waals surface area contributed by atoms with Crippen molar-refractivity contribution in [3.8, 4) is 11.5 Å². The second-order valence-corrected chi connectivity index (χ2v) is 11.8. The SMILES string of the molecule is O=C1c2ccccc2C(=O)N1CCOc1ccc(C=CC(=O)N2CCc3c([nH]c4ccccc34)[C@H]2c2ccc3c(c2)CCO3)cc1. The molecule has 1 atom stereocenters. The van der Waals surface area contributed by atoms with Crippen LogP contribution in [-0.2, 0) is 17.6 Å². The molecule has 0 unspecified atom stereocenters. The number of ether oxygens (including phenoxy) is 2. The van der Waals surface area contributed by atoms with Crippen molar-refractivity contribution in [3.63, 3.8) is 0 Å². The van der Waals surface area contributed by atoms with Crippen molar-refractivity contribution in [2.24, 2.45) is 0 Å². The summed E-state index contributed by atoms with van der Waals surface area (Å²) in [4.78, 5) is 45.8. The van der Waals surface area contributed by atoms with Crippen LogP contribution in [0, 0.1) is 0 Å². The first-order chi connectivity index (χ1) is 22.5. The molecule has 1 N–H and O–H groups in total. The Morgan fingerprint density at radius 3 is 2.48 bits per heavy atom. The molecule has 8 heteroatoms. The third kappa shape index (κ3) is 4.83. The molecule has 3 amide bonds. The van der Waals surface area contributed by atoms with Crippen molar-refractivity contribution in [2.75, 3.05) is 26.3 Å². The fourth-order valence-corrected chi connectivity index (χ4v) is 6.84. The lowest BCUT2D eigenvalue weighted by Gasteiger charge is -2.36. The number of aromatic nitrogens is 1. The van der Waals surface area contributed by atoms with Crippen molar-refractivity contribution in [3.05, 3.63) is 136 Å². The summed E-state index contributed by atoms with van der Waals surface area (Å²) < 4.78 is 11.6. The van der Waals surface area contributed by atoms with Gasteiger partial charge in [0.1, 0.15) is 18.1 Å². The number of imide groups is 1. The van der Waals surface area contributed by atoms with Crippen LogP contribution in [0.15, 0.2) is 97.1 Å². The summed E-state index contributed by atoms with van der Waals surface area (Å²) in [6.07, 6.45) is 5.09. The van der Waals surface area contributed by atoms with E-state index in [9.17, 15) is 14.4 Å². The summed E-state index contributed by atoms with van der Waals surface area (Å²) in [5.41, 5.74) is 7.37. The Morgan fingerprint density at radius 2 is 1.67 bits per heavy atom. The van der Waals surface area contributed by atoms with Gasteiger partial charge in [-0.1, -0.05) is 48.5 Å². The minimum Gasteiger partial charge on any atom is -0.493 e. The molecule has 4 aromatic carbocycles. The standard InChI is InChI=1S/C38H31N3O5/c42-34(16-11-24-9-13-27(14-10-24)45-22-20-41-37(43)30-6-1-2-7-31(30)38(41)44)40-19-17-29-28-5-3-4-8-32(28)39-35(29)36(40)26-12-15-33-25(23-26)18-21-46-33/h1-16,23,36,39H,17-22H2/t36-/m1/s1. The van der Waals surface area contributed by atoms with E-state index in [1.54, 1.807) is 30.3 Å². The Labute approximate surface area is 265 Å². The zero-order valence-electron chi connectivity index (χ0n) is 25.1. The number of benzene rings is 4. The highest BCUT2D eigenvalue weighted by Crippen LogP contribution is 2.40. The van der Waals surface area contributed by atoms with Gasteiger partial charge in [-0.25, -0.2) is 0 Å². The lowest BCUT2D eigenvalue weighted by Crippen LogP contribution is -2.39. The van der Waals surface area contributed by atoms with Crippen LogP contribution in [-0.4, -0.2) is 58.8 Å². The lowest BCUT2D eigenvalue weighted by molar-refractivity contribution is -0.128. The van der Waals surface area contributed by atoms with Gasteiger partial charge in [-0.15, -0.1) is 0 Å². The number of hydrogen-bond donors (Lipinski definition) is 1. The monoisotopic (exact) mass is 609 g/mol. The Morgan fingerprint density at radius 1 is 0.913 bits per heavy atom. The molecule has 3 aliphatic heterocycles. The number of rotatable bonds is 7. The first-order valence-electron chi connectivity index (χ1n) is 15.6. The van der Waals surface area contributed by atoms with Crippen molar-refractivity contribution in [1.82, 2.24) is 14.8 Å². The summed E-state index contributed by atoms with van der Waals surface area (Å²) in [5.74, 6) is 0.883. The fraction of sp³-hybridized carbons (Fsp3) is 0.184. The highest BCUT2D eigenvalue weighted by Gasteiger charge is 2.36. The van der Waals surface area contributed by atoms with Crippen molar-refractivity contribution in [1.29, 1.82) is 0 Å². The van der Waals surface area contributed by atoms with Gasteiger partial charge in [-0.2, -0.15) is 0 Å². The third-order valence-corrected chi connectivity index (χ3v) is 9.11. The smallest absolute Gasteiger partial charge is 0.261 e. The highest BCUT2D eigenvalue weighted by molar-refractivity contribution is 6.21. The van der Waals surface area contributed by atoms with E-state index in [1.807, 2.05) is 47.4 Å². The minimum atomic E-state index is -0.295. The second kappa shape index (κ2) is 11.4. The summed E-state index contributed by atoms with van der Waals surface area (Å²) >= 11 is 0. The lowest BCUT2D eigenvalue weighted by atomic mass is 9.91. The van der Waals surface area contributed by atoms with Gasteiger partial charge in [0.2, 0.25) is 5.91 Å². The number of nitrogens with one attached hydrogen (secondary N) is 1. The van der Waals surface area contributed by atoms with Crippen LogP contribution in [0.4, 0.5) is 0 Å². The number of amides is 3. The summed E-state index contributed by atoms with van der Waals surface area (Å²) in [6.45, 7) is 1.63. The van der Waals surface area contributed by atoms with Gasteiger partial charge in [0.15, 0.2) is 0 Å². The largest absolute Gasteiger partial charge is 0.493 e. The number of carbonyl (C=O) groups is 3. The van der Waals surface area contributed by atoms with Crippen LogP contribution in [0.5, 0.6) is 11.5 Å². The van der Waals surface area contributed by atoms with Gasteiger partial charge in [0, 0.05) is 35.6 Å². The second-order valence-electron chi connectivity index (χ2n) is 11.8. The number of nitrogens with zero attached hydrogens (tertiary/aromatic N) is 2. The topological polar surface area (TPSA) is 91.9 Å². The van der Waals surface area contributed by atoms with Gasteiger partial charge < -0.3 is 19.4 Å². The first-order valence-corrected chi connectivity index (χ1v) is 15.6. The van der Waals surface area contributed by atoms with Gasteiger partial charge in [0.25, 0.3) is 11.8 Å². The quantitative estimate of drug-likeness (QED) is 0.182. The van der Waals surface area contributed by atoms with E-state index >= 15 is 0 Å². The molecular formula is C38H31N3O5. The Kier molecular flexibility index (Phi) is 6.90. The molecule has 0 aliphatic carbocycles. The molecular weight excluding hydrogens is 578 g/mol. The van der Waals surface area contributed by atoms with Crippen molar-refractivity contribution in [2.45, 2.75) is 18.9 Å². The normalized spacial score (nSPS) is 16.9. The van der Waals surface area contributed by atoms with Crippen LogP contribution in [0.1, 0.15) is 54.7 Å². The molecule has 8 nitrogen and oxygen atoms in total. The van der Waals surface area contributed by atoms with Crippen LogP contribution >= 0.6 is 0 Å². The van der Waals surface area contributed by atoms with E-state index in [0.29, 0.717) is 30.0 Å². The van der Waals surface area contributed by atoms with E-state index < -0.39 is 0 Å². The first kappa shape index (κ1) is 27.9. The Hall–Kier alpha value is -5.63. The molecule has 0 saturated heterocycles. The summed E-state index contributed by atoms with van der Waals surface area (Å²) in [7, 11) is 0. The highest BCUT2D eigenvalue weighted by atomic mass is 16.5. The number of carbonyl (C=O) groups excluding carboxylic acids is 3. The van der Waals surface area contributed by atoms with Gasteiger partial charge in [-0.3, -0.25) is 19.3 Å². The molecule has 8 rings (SSSR count). The van der Waals surface area contributed by atoms with Crippen molar-refractivity contribution < 1.29 is 23.9 Å². The van der Waals surface area contributed by atoms with Crippen LogP contribution < -0.4 is 9.47 Å². The molecule has 228 valence electrons. The van der Waals surface area contributed by atoms with E-state index in [1.165, 1.54) is 21.4 Å². The predicted molar refractivity (Wildman–Crippen MR) is 174 cm³/mol. The third-order valence-electron chi connectivity index (χ3n) is 9.11. The van der Waals surface area contributed by atoms with E-state index in [2.05, 4.69) is 35.3 Å². The molecule has 0 fully saturated rings. The molecule has 0 spiro atoms. The number of fused-ring (bicyclic) bond motifs is 5. The van der Waals surface area contributed by atoms with Crippen LogP contribution in [0.2, 0.25) is 0 Å². The number of hydrogen-bond acceptors (Lipinski definition) is 5. The summed E-state index contributed by atoms with van der Waals surface area (Å²) in [5, 5.41) is 1.21. The zero-order chi connectivity index (χ0) is 31.2. The fourth-order valence-electron chi connectivity index (χ4n) is 6.84. The molecule has 46 heavy (non-hydrogen) atoms. The molecule has 0 saturated carbocycles. The number of para-hydroxylation sites is 1. The molecule has 0 radical (unpaired) electrons. The molecule has 3 aliphatic rings. The minimum absolute atomic E-state index is 0.0627. The maximum Gasteiger partial charge on any atom is 0.261 e. The molecule has 1 aromatic heterocycles. The maximum absolute atomic E-state index is 13.8. The van der Waals surface area contributed by atoms with Crippen LogP contribution in [0.25, 0.3) is 17.0 Å². The molecule has 5 aromatic rings. The maximum atomic E-state index is 13.8. The van der Waals surface area contributed by atoms with Crippen molar-refractivity contribution >= 4 is 34.7 Å². The Bertz CT molecular complexity index is 2010. The molecule has 4 heterocycles. The Balaban J connectivity index is 0.966. The van der Waals surface area contributed by atoms with Gasteiger partial charge in [0.05, 0.1) is 30.3 Å². The van der Waals surface area contributed by atoms with E-state index in [4.69, 9.17) is 9.47 Å². The van der Waals surface area contributed by atoms with E-state index in [0.717, 1.165) is 40.9 Å². The summed E-state index contributed by atoms with van der Waals surface area (Å²) in [6, 6.07) is 28.6. The van der Waals surface area contributed by atoms with Gasteiger partial charge >= 0.3 is 0 Å². The molecule has 0 bridgehead atoms.